The number of nitrogens with one attached hydrogen (secondary N) is 1. The Morgan fingerprint density at radius 3 is 1.55 bits per heavy atom. The van der Waals surface area contributed by atoms with Crippen LogP contribution in [0.25, 0.3) is 0 Å². The molecular formula is C37H63NO24. The molecule has 0 bridgehead atoms. The molecule has 12 N–H and O–H groups in total. The summed E-state index contributed by atoms with van der Waals surface area (Å²) < 4.78 is 65.1. The Morgan fingerprint density at radius 2 is 0.984 bits per heavy atom. The van der Waals surface area contributed by atoms with E-state index >= 15 is 0 Å². The van der Waals surface area contributed by atoms with Crippen LogP contribution in [0.15, 0.2) is 0 Å². The Bertz CT molecular complexity index is 1430. The van der Waals surface area contributed by atoms with Gasteiger partial charge in [-0.15, -0.1) is 0 Å². The van der Waals surface area contributed by atoms with Crippen molar-refractivity contribution < 1.29 is 118 Å². The second kappa shape index (κ2) is 22.1. The quantitative estimate of drug-likeness (QED) is 0.0680. The molecule has 5 aliphatic rings. The van der Waals surface area contributed by atoms with E-state index in [2.05, 4.69) is 5.32 Å². The predicted octanol–water partition coefficient (Wildman–Crippen LogP) is -6.69. The molecule has 0 aliphatic carbocycles. The zero-order chi connectivity index (χ0) is 45.9. The molecule has 25 atom stereocenters. The first-order valence-corrected chi connectivity index (χ1v) is 20.5. The third-order valence-corrected chi connectivity index (χ3v) is 11.4. The van der Waals surface area contributed by atoms with Crippen LogP contribution in [0.1, 0.15) is 48.0 Å². The molecule has 5 heterocycles. The van der Waals surface area contributed by atoms with Crippen LogP contribution in [0.3, 0.4) is 0 Å². The number of aliphatic hydroxyl groups is 11. The number of hydrogen-bond acceptors (Lipinski definition) is 24. The molecule has 25 nitrogen and oxygen atoms in total. The lowest BCUT2D eigenvalue weighted by Gasteiger charge is -2.51. The second-order valence-electron chi connectivity index (χ2n) is 16.1. The second-order valence-corrected chi connectivity index (χ2v) is 16.1. The van der Waals surface area contributed by atoms with Gasteiger partial charge in [0.1, 0.15) is 97.6 Å². The fraction of sp³-hybridized carbons (Fsp3) is 0.946. The molecule has 0 saturated carbocycles. The van der Waals surface area contributed by atoms with E-state index in [1.165, 1.54) is 20.8 Å². The van der Waals surface area contributed by atoms with Gasteiger partial charge in [0.05, 0.1) is 31.5 Å². The number of hydrogen-bond donors (Lipinski definition) is 12. The number of esters is 1. The summed E-state index contributed by atoms with van der Waals surface area (Å²) in [5.41, 5.74) is 0. The van der Waals surface area contributed by atoms with Crippen LogP contribution in [0, 0.1) is 0 Å². The van der Waals surface area contributed by atoms with Crippen molar-refractivity contribution in [2.75, 3.05) is 19.8 Å². The molecule has 1 amide bonds. The number of aliphatic hydroxyl groups excluding tert-OH is 11. The Morgan fingerprint density at radius 1 is 0.500 bits per heavy atom. The summed E-state index contributed by atoms with van der Waals surface area (Å²) >= 11 is 0. The molecular weight excluding hydrogens is 842 g/mol. The monoisotopic (exact) mass is 905 g/mol. The third-order valence-electron chi connectivity index (χ3n) is 11.4. The summed E-state index contributed by atoms with van der Waals surface area (Å²) in [5, 5.41) is 122. The number of ether oxygens (including phenoxy) is 11. The summed E-state index contributed by atoms with van der Waals surface area (Å²) in [6.07, 6.45) is -39.1. The molecule has 0 spiro atoms. The van der Waals surface area contributed by atoms with Crippen LogP contribution in [-0.2, 0) is 61.7 Å². The van der Waals surface area contributed by atoms with Crippen LogP contribution < -0.4 is 5.32 Å². The molecule has 62 heavy (non-hydrogen) atoms. The fourth-order valence-corrected chi connectivity index (χ4v) is 7.87. The zero-order valence-electron chi connectivity index (χ0n) is 35.0. The van der Waals surface area contributed by atoms with Crippen LogP contribution in [-0.4, -0.2) is 241 Å². The van der Waals surface area contributed by atoms with E-state index < -0.39 is 179 Å². The number of carbonyl (C=O) groups is 2. The first-order valence-electron chi connectivity index (χ1n) is 20.5. The largest absolute Gasteiger partial charge is 0.454 e. The molecule has 25 heteroatoms. The van der Waals surface area contributed by atoms with Crippen molar-refractivity contribution in [1.82, 2.24) is 5.32 Å². The van der Waals surface area contributed by atoms with Crippen molar-refractivity contribution in [2.24, 2.45) is 0 Å². The van der Waals surface area contributed by atoms with E-state index in [4.69, 9.17) is 52.1 Å². The Labute approximate surface area is 356 Å². The normalized spacial score (nSPS) is 49.0. The smallest absolute Gasteiger partial charge is 0.303 e. The maximum atomic E-state index is 12.8. The summed E-state index contributed by atoms with van der Waals surface area (Å²) in [7, 11) is 0. The van der Waals surface area contributed by atoms with Gasteiger partial charge in [0.15, 0.2) is 37.6 Å². The van der Waals surface area contributed by atoms with E-state index in [0.29, 0.717) is 6.42 Å². The molecule has 0 aromatic rings. The Hall–Kier alpha value is -1.90. The van der Waals surface area contributed by atoms with Crippen molar-refractivity contribution >= 4 is 11.9 Å². The predicted molar refractivity (Wildman–Crippen MR) is 197 cm³/mol. The lowest BCUT2D eigenvalue weighted by atomic mass is 9.94. The molecule has 5 saturated heterocycles. The van der Waals surface area contributed by atoms with Gasteiger partial charge in [0.2, 0.25) is 5.91 Å². The SMILES string of the molecule is CCCO[C@@H]1OC(C)[C@H](O)[C@H](O)C1O[C@@H]1OC(C)[C@H](O)[C@H](O[C@H]2O[C@@H](CO)[C@@H](O)C(O)C2O)C1O[C@@H]1OC(CO)[C@@H](O)[C@H](O[C@@H]2OC(C)[C@H](O)[C@H](O)C2OC(C)=O)C1NC(C)=O. The Kier molecular flexibility index (Phi) is 18.2. The maximum Gasteiger partial charge on any atom is 0.303 e. The van der Waals surface area contributed by atoms with Crippen LogP contribution in [0.2, 0.25) is 0 Å². The highest BCUT2D eigenvalue weighted by Crippen LogP contribution is 2.37. The van der Waals surface area contributed by atoms with Crippen LogP contribution >= 0.6 is 0 Å². The first-order chi connectivity index (χ1) is 29.2. The van der Waals surface area contributed by atoms with Crippen molar-refractivity contribution in [3.8, 4) is 0 Å². The third kappa shape index (κ3) is 11.2. The fourth-order valence-electron chi connectivity index (χ4n) is 7.87. The molecule has 360 valence electrons. The minimum atomic E-state index is -2.00. The molecule has 5 fully saturated rings. The minimum Gasteiger partial charge on any atom is -0.454 e. The lowest BCUT2D eigenvalue weighted by molar-refractivity contribution is -0.405. The van der Waals surface area contributed by atoms with E-state index in [1.54, 1.807) is 6.92 Å². The zero-order valence-corrected chi connectivity index (χ0v) is 35.0. The van der Waals surface area contributed by atoms with Gasteiger partial charge < -0.3 is 114 Å². The molecule has 5 rings (SSSR count). The average molecular weight is 906 g/mol. The number of rotatable bonds is 15. The van der Waals surface area contributed by atoms with Crippen LogP contribution in [0.5, 0.6) is 0 Å². The Balaban J connectivity index is 1.57. The van der Waals surface area contributed by atoms with Gasteiger partial charge in [0, 0.05) is 20.5 Å². The molecule has 10 unspecified atom stereocenters. The topological polar surface area (TPSA) is 370 Å². The highest BCUT2D eigenvalue weighted by molar-refractivity contribution is 5.73. The standard InChI is InChI=1S/C37H63NO24/c1-7-8-52-35-30(25(49)19(43)11(2)53-35)61-37-32(29(21(45)13(4)55-37)60-34-27(51)24(48)22(46)16(9-39)58-34)62-33-18(38-14(5)41)28(23(47)17(10-40)57-33)59-36-31(56-15(6)42)26(50)20(44)12(3)54-36/h11-13,16-37,39-40,43-51H,7-10H2,1-6H3,(H,38,41)/t11?,12?,13?,16-,17?,18?,19-,20-,21-,22+,23+,24?,25-,26-,27?,28+,29-,30?,31?,32?,33-,34+,35+,36-,37-/m0/s1. The van der Waals surface area contributed by atoms with E-state index in [-0.39, 0.29) is 6.61 Å². The van der Waals surface area contributed by atoms with Crippen molar-refractivity contribution in [1.29, 1.82) is 0 Å². The maximum absolute atomic E-state index is 12.8. The molecule has 0 aromatic heterocycles. The highest BCUT2D eigenvalue weighted by Gasteiger charge is 2.58. The van der Waals surface area contributed by atoms with Gasteiger partial charge >= 0.3 is 5.97 Å². The van der Waals surface area contributed by atoms with Gasteiger partial charge in [-0.2, -0.15) is 0 Å². The number of carbonyl (C=O) groups excluding carboxylic acids is 2. The van der Waals surface area contributed by atoms with E-state index in [1.807, 2.05) is 0 Å². The van der Waals surface area contributed by atoms with Gasteiger partial charge in [-0.1, -0.05) is 6.92 Å². The minimum absolute atomic E-state index is 0.113. The lowest BCUT2D eigenvalue weighted by Crippen LogP contribution is -2.70. The molecule has 0 aromatic carbocycles. The van der Waals surface area contributed by atoms with Crippen LogP contribution in [0.4, 0.5) is 0 Å². The van der Waals surface area contributed by atoms with Gasteiger partial charge in [-0.3, -0.25) is 9.59 Å². The summed E-state index contributed by atoms with van der Waals surface area (Å²) in [4.78, 5) is 24.9. The van der Waals surface area contributed by atoms with E-state index in [0.717, 1.165) is 13.8 Å². The van der Waals surface area contributed by atoms with Crippen molar-refractivity contribution in [3.63, 3.8) is 0 Å². The van der Waals surface area contributed by atoms with E-state index in [9.17, 15) is 65.8 Å². The number of amides is 1. The molecule has 0 radical (unpaired) electrons. The van der Waals surface area contributed by atoms with Gasteiger partial charge in [0.25, 0.3) is 0 Å². The highest BCUT2D eigenvalue weighted by atomic mass is 16.8. The summed E-state index contributed by atoms with van der Waals surface area (Å²) in [5.74, 6) is -1.68. The van der Waals surface area contributed by atoms with Gasteiger partial charge in [-0.25, -0.2) is 0 Å². The van der Waals surface area contributed by atoms with Crippen molar-refractivity contribution in [2.45, 2.75) is 201 Å². The summed E-state index contributed by atoms with van der Waals surface area (Å²) in [6, 6.07) is -1.65. The van der Waals surface area contributed by atoms with Crippen molar-refractivity contribution in [3.05, 3.63) is 0 Å². The molecule has 5 aliphatic heterocycles. The van der Waals surface area contributed by atoms with Gasteiger partial charge in [-0.05, 0) is 27.2 Å². The summed E-state index contributed by atoms with van der Waals surface area (Å²) in [6.45, 7) is 6.49. The average Bonchev–Trinajstić information content (AvgIpc) is 3.22. The first kappa shape index (κ1) is 51.1.